The van der Waals surface area contributed by atoms with Crippen LogP contribution in [0.5, 0.6) is 0 Å². The minimum atomic E-state index is 0.639. The third kappa shape index (κ3) is 1.67. The molecule has 88 valence electrons. The molecule has 16 heavy (non-hydrogen) atoms. The first-order valence-corrected chi connectivity index (χ1v) is 6.58. The molecule has 0 amide bonds. The lowest BCUT2D eigenvalue weighted by atomic mass is 9.96. The van der Waals surface area contributed by atoms with Crippen molar-refractivity contribution in [3.8, 4) is 0 Å². The number of hydrogen-bond donors (Lipinski definition) is 1. The van der Waals surface area contributed by atoms with Crippen LogP contribution in [0.4, 0.5) is 0 Å². The van der Waals surface area contributed by atoms with E-state index in [0.29, 0.717) is 12.0 Å². The molecule has 1 N–H and O–H groups in total. The van der Waals surface area contributed by atoms with Gasteiger partial charge in [0, 0.05) is 36.9 Å². The zero-order valence-electron chi connectivity index (χ0n) is 10.0. The van der Waals surface area contributed by atoms with Gasteiger partial charge in [-0.2, -0.15) is 0 Å². The van der Waals surface area contributed by atoms with Crippen molar-refractivity contribution in [1.29, 1.82) is 0 Å². The van der Waals surface area contributed by atoms with Crippen molar-refractivity contribution in [2.45, 2.75) is 44.6 Å². The van der Waals surface area contributed by atoms with Crippen molar-refractivity contribution in [2.24, 2.45) is 5.92 Å². The third-order valence-corrected chi connectivity index (χ3v) is 4.42. The van der Waals surface area contributed by atoms with Crippen LogP contribution in [0.25, 0.3) is 0 Å². The normalized spacial score (nSPS) is 24.6. The molecule has 3 nitrogen and oxygen atoms in total. The van der Waals surface area contributed by atoms with Crippen molar-refractivity contribution in [3.05, 3.63) is 18.2 Å². The summed E-state index contributed by atoms with van der Waals surface area (Å²) in [5.41, 5.74) is 1.44. The van der Waals surface area contributed by atoms with Gasteiger partial charge in [0.2, 0.25) is 0 Å². The first-order chi connectivity index (χ1) is 7.86. The molecule has 0 radical (unpaired) electrons. The van der Waals surface area contributed by atoms with Gasteiger partial charge in [-0.15, -0.1) is 0 Å². The maximum Gasteiger partial charge on any atom is 0.0950 e. The Kier molecular flexibility index (Phi) is 2.72. The number of rotatable bonds is 3. The molecule has 0 aromatic carbocycles. The average Bonchev–Trinajstić information content (AvgIpc) is 2.84. The molecule has 2 heterocycles. The molecule has 1 aliphatic carbocycles. The van der Waals surface area contributed by atoms with E-state index in [2.05, 4.69) is 28.0 Å². The van der Waals surface area contributed by atoms with Crippen LogP contribution >= 0.6 is 0 Å². The molecule has 2 fully saturated rings. The van der Waals surface area contributed by atoms with Crippen molar-refractivity contribution < 1.29 is 0 Å². The van der Waals surface area contributed by atoms with E-state index in [1.165, 1.54) is 31.4 Å². The summed E-state index contributed by atoms with van der Waals surface area (Å²) < 4.78 is 2.43. The summed E-state index contributed by atoms with van der Waals surface area (Å²) >= 11 is 0. The van der Waals surface area contributed by atoms with Crippen molar-refractivity contribution in [2.75, 3.05) is 13.1 Å². The largest absolute Gasteiger partial charge is 0.331 e. The van der Waals surface area contributed by atoms with Gasteiger partial charge in [0.05, 0.1) is 6.33 Å². The van der Waals surface area contributed by atoms with E-state index in [1.807, 2.05) is 6.33 Å². The number of hydrogen-bond acceptors (Lipinski definition) is 2. The summed E-state index contributed by atoms with van der Waals surface area (Å²) in [5, 5.41) is 3.34. The number of aromatic nitrogens is 2. The number of imidazole rings is 1. The molecule has 0 spiro atoms. The van der Waals surface area contributed by atoms with Crippen LogP contribution < -0.4 is 5.32 Å². The van der Waals surface area contributed by atoms with Crippen LogP contribution in [0.1, 0.15) is 50.3 Å². The fourth-order valence-corrected chi connectivity index (χ4v) is 3.14. The zero-order valence-corrected chi connectivity index (χ0v) is 10.0. The molecule has 2 aliphatic rings. The molecular formula is C13H21N3. The Morgan fingerprint density at radius 2 is 2.12 bits per heavy atom. The first kappa shape index (κ1) is 10.3. The van der Waals surface area contributed by atoms with Gasteiger partial charge in [-0.1, -0.05) is 12.8 Å². The van der Waals surface area contributed by atoms with Crippen LogP contribution in [-0.4, -0.2) is 22.6 Å². The lowest BCUT2D eigenvalue weighted by molar-refractivity contribution is 0.333. The van der Waals surface area contributed by atoms with Crippen LogP contribution in [0.2, 0.25) is 0 Å². The van der Waals surface area contributed by atoms with E-state index in [9.17, 15) is 0 Å². The molecule has 1 aromatic heterocycles. The van der Waals surface area contributed by atoms with Crippen LogP contribution in [-0.2, 0) is 0 Å². The smallest absolute Gasteiger partial charge is 0.0950 e. The first-order valence-electron chi connectivity index (χ1n) is 6.58. The molecule has 1 saturated carbocycles. The molecule has 1 atom stereocenters. The SMILES string of the molecule is CC(C1CCCC1)n1cncc1C1CNC1. The number of nitrogens with zero attached hydrogens (tertiary/aromatic N) is 2. The van der Waals surface area contributed by atoms with E-state index in [0.717, 1.165) is 19.0 Å². The lowest BCUT2D eigenvalue weighted by Crippen LogP contribution is -2.41. The van der Waals surface area contributed by atoms with Gasteiger partial charge in [-0.05, 0) is 25.7 Å². The quantitative estimate of drug-likeness (QED) is 0.845. The van der Waals surface area contributed by atoms with Gasteiger partial charge < -0.3 is 9.88 Å². The highest BCUT2D eigenvalue weighted by Crippen LogP contribution is 2.35. The summed E-state index contributed by atoms with van der Waals surface area (Å²) in [6.07, 6.45) is 9.76. The Morgan fingerprint density at radius 3 is 2.75 bits per heavy atom. The molecule has 3 rings (SSSR count). The Hall–Kier alpha value is -0.830. The predicted octanol–water partition coefficient (Wildman–Crippen LogP) is 2.32. The molecular weight excluding hydrogens is 198 g/mol. The van der Waals surface area contributed by atoms with Crippen molar-refractivity contribution >= 4 is 0 Å². The lowest BCUT2D eigenvalue weighted by Gasteiger charge is -2.31. The average molecular weight is 219 g/mol. The zero-order chi connectivity index (χ0) is 11.0. The fraction of sp³-hybridized carbons (Fsp3) is 0.769. The molecule has 1 aromatic rings. The van der Waals surface area contributed by atoms with Crippen molar-refractivity contribution in [3.63, 3.8) is 0 Å². The van der Waals surface area contributed by atoms with Gasteiger partial charge >= 0.3 is 0 Å². The molecule has 1 saturated heterocycles. The maximum atomic E-state index is 4.35. The second-order valence-corrected chi connectivity index (χ2v) is 5.37. The summed E-state index contributed by atoms with van der Waals surface area (Å²) in [4.78, 5) is 4.35. The highest BCUT2D eigenvalue weighted by molar-refractivity contribution is 5.12. The Balaban J connectivity index is 1.79. The molecule has 1 aliphatic heterocycles. The van der Waals surface area contributed by atoms with E-state index >= 15 is 0 Å². The highest BCUT2D eigenvalue weighted by atomic mass is 15.1. The van der Waals surface area contributed by atoms with Crippen LogP contribution in [0.3, 0.4) is 0 Å². The van der Waals surface area contributed by atoms with E-state index < -0.39 is 0 Å². The van der Waals surface area contributed by atoms with E-state index in [-0.39, 0.29) is 0 Å². The van der Waals surface area contributed by atoms with Crippen LogP contribution in [0, 0.1) is 5.92 Å². The summed E-state index contributed by atoms with van der Waals surface area (Å²) in [7, 11) is 0. The summed E-state index contributed by atoms with van der Waals surface area (Å²) in [6, 6.07) is 0.639. The monoisotopic (exact) mass is 219 g/mol. The minimum Gasteiger partial charge on any atom is -0.331 e. The maximum absolute atomic E-state index is 4.35. The second kappa shape index (κ2) is 4.21. The Labute approximate surface area is 97.3 Å². The molecule has 0 bridgehead atoms. The summed E-state index contributed by atoms with van der Waals surface area (Å²) in [6.45, 7) is 4.62. The van der Waals surface area contributed by atoms with E-state index in [4.69, 9.17) is 0 Å². The molecule has 3 heteroatoms. The minimum absolute atomic E-state index is 0.639. The second-order valence-electron chi connectivity index (χ2n) is 5.37. The fourth-order valence-electron chi connectivity index (χ4n) is 3.14. The van der Waals surface area contributed by atoms with Gasteiger partial charge in [0.1, 0.15) is 0 Å². The van der Waals surface area contributed by atoms with Crippen LogP contribution in [0.15, 0.2) is 12.5 Å². The van der Waals surface area contributed by atoms with Crippen molar-refractivity contribution in [1.82, 2.24) is 14.9 Å². The highest BCUT2D eigenvalue weighted by Gasteiger charge is 2.28. The van der Waals surface area contributed by atoms with Gasteiger partial charge in [0.25, 0.3) is 0 Å². The Morgan fingerprint density at radius 1 is 1.38 bits per heavy atom. The topological polar surface area (TPSA) is 29.9 Å². The predicted molar refractivity (Wildman–Crippen MR) is 64.5 cm³/mol. The standard InChI is InChI=1S/C13H21N3/c1-10(11-4-2-3-5-11)16-9-15-8-13(16)12-6-14-7-12/h8-12,14H,2-7H2,1H3. The third-order valence-electron chi connectivity index (χ3n) is 4.42. The van der Waals surface area contributed by atoms with Gasteiger partial charge in [-0.3, -0.25) is 0 Å². The Bertz CT molecular complexity index is 348. The van der Waals surface area contributed by atoms with E-state index in [1.54, 1.807) is 0 Å². The van der Waals surface area contributed by atoms with Gasteiger partial charge in [0.15, 0.2) is 0 Å². The number of nitrogens with one attached hydrogen (secondary N) is 1. The molecule has 1 unspecified atom stereocenters. The summed E-state index contributed by atoms with van der Waals surface area (Å²) in [5.74, 6) is 1.58. The van der Waals surface area contributed by atoms with Gasteiger partial charge in [-0.25, -0.2) is 4.98 Å².